The number of aromatic nitrogens is 2. The molecule has 73 heavy (non-hydrogen) atoms. The summed E-state index contributed by atoms with van der Waals surface area (Å²) in [6, 6.07) is -8.43. The molecule has 0 aromatic carbocycles. The summed E-state index contributed by atoms with van der Waals surface area (Å²) in [6.07, 6.45) is 5.91. The van der Waals surface area contributed by atoms with E-state index in [-0.39, 0.29) is 70.7 Å². The topological polar surface area (TPSA) is 491 Å². The van der Waals surface area contributed by atoms with E-state index in [2.05, 4.69) is 57.5 Å². The summed E-state index contributed by atoms with van der Waals surface area (Å²) in [5.74, 6) is -7.78. The molecule has 0 saturated carbocycles. The number of imidazole rings is 1. The monoisotopic (exact) mass is 1030 g/mol. The number of carbonyl (C=O) groups is 9. The van der Waals surface area contributed by atoms with Crippen molar-refractivity contribution in [3.8, 4) is 0 Å². The van der Waals surface area contributed by atoms with Crippen molar-refractivity contribution < 1.29 is 53.4 Å². The van der Waals surface area contributed by atoms with Gasteiger partial charge < -0.3 is 97.0 Å². The number of rotatable bonds is 35. The van der Waals surface area contributed by atoms with E-state index in [1.165, 1.54) is 30.4 Å². The summed E-state index contributed by atoms with van der Waals surface area (Å²) >= 11 is 0. The van der Waals surface area contributed by atoms with Gasteiger partial charge in [0.25, 0.3) is 0 Å². The second-order valence-corrected chi connectivity index (χ2v) is 17.3. The van der Waals surface area contributed by atoms with Gasteiger partial charge in [0.2, 0.25) is 47.3 Å². The van der Waals surface area contributed by atoms with Crippen LogP contribution in [-0.2, 0) is 49.6 Å². The molecule has 1 aliphatic rings. The maximum Gasteiger partial charge on any atom is 0.352 e. The molecule has 1 saturated heterocycles. The average Bonchev–Trinajstić information content (AvgIpc) is 4.08. The van der Waals surface area contributed by atoms with E-state index in [1.54, 1.807) is 7.05 Å². The lowest BCUT2D eigenvalue weighted by Crippen LogP contribution is -2.60. The molecule has 1 aromatic heterocycles. The van der Waals surface area contributed by atoms with Crippen LogP contribution in [-0.4, -0.2) is 186 Å². The van der Waals surface area contributed by atoms with Gasteiger partial charge in [0, 0.05) is 37.9 Å². The predicted molar refractivity (Wildman–Crippen MR) is 267 cm³/mol. The van der Waals surface area contributed by atoms with Crippen molar-refractivity contribution in [3.05, 3.63) is 30.0 Å². The molecule has 0 radical (unpaired) electrons. The number of likely N-dealkylation sites (N-methyl/N-ethyl adjacent to an activating group) is 1. The van der Waals surface area contributed by atoms with Crippen LogP contribution in [0.2, 0.25) is 0 Å². The van der Waals surface area contributed by atoms with Crippen LogP contribution in [0.3, 0.4) is 0 Å². The van der Waals surface area contributed by atoms with E-state index in [9.17, 15) is 53.4 Å². The lowest BCUT2D eigenvalue weighted by atomic mass is 10.1. The van der Waals surface area contributed by atoms with Crippen molar-refractivity contribution in [1.29, 1.82) is 0 Å². The lowest BCUT2D eigenvalue weighted by molar-refractivity contribution is -0.142. The summed E-state index contributed by atoms with van der Waals surface area (Å²) in [6.45, 7) is 1.28. The van der Waals surface area contributed by atoms with Gasteiger partial charge in [-0.2, -0.15) is 0 Å². The standard InChI is InChI=1S/C44H78N18O11/c1-25(56-41(70)35(33(63)21-48)61-37(66)27(51-2)10-3-5-15-45)36(65)54-23-34(64)57-29(12-7-17-47)42(71)62-19-9-14-32(62)40(69)60-31(20-26-22-52-24-55-26)39(68)58-28(11-4-6-16-46)38(67)59-30(43(72)73)13-8-18-53-44(49)50/h13,22,24-25,27-29,31-33,35,51,63H,3-12,14-21,23,45-48H2,1-2H3,(H,52,55)(H,54,65)(H,56,70)(H,57,64)(H,58,68)(H,59,67)(H,60,69)(H,61,66)(H,72,73)(H4,49,50,53)/b30-13-/t25-,27-,28-,29+,31-,32-,33-,35-/m0/s1. The quantitative estimate of drug-likeness (QED) is 0.0130. The fourth-order valence-electron chi connectivity index (χ4n) is 7.58. The Morgan fingerprint density at radius 2 is 1.45 bits per heavy atom. The van der Waals surface area contributed by atoms with Gasteiger partial charge in [-0.25, -0.2) is 9.78 Å². The number of likely N-dealkylation sites (tertiary alicyclic amines) is 1. The number of aliphatic hydroxyl groups is 1. The Kier molecular flexibility index (Phi) is 28.8. The highest BCUT2D eigenvalue weighted by Crippen LogP contribution is 2.20. The zero-order valence-electron chi connectivity index (χ0n) is 41.7. The maximum absolute atomic E-state index is 14.2. The first-order valence-electron chi connectivity index (χ1n) is 24.3. The third-order valence-electron chi connectivity index (χ3n) is 11.6. The molecule has 8 atom stereocenters. The van der Waals surface area contributed by atoms with Crippen molar-refractivity contribution in [2.24, 2.45) is 39.4 Å². The molecule has 23 N–H and O–H groups in total. The molecule has 410 valence electrons. The first kappa shape index (κ1) is 62.3. The number of nitrogens with zero attached hydrogens (tertiary/aromatic N) is 3. The summed E-state index contributed by atoms with van der Waals surface area (Å²) in [7, 11) is 1.56. The van der Waals surface area contributed by atoms with Crippen molar-refractivity contribution >= 4 is 59.2 Å². The second kappa shape index (κ2) is 33.8. The maximum atomic E-state index is 14.2. The molecule has 8 amide bonds. The summed E-state index contributed by atoms with van der Waals surface area (Å²) < 4.78 is 0. The largest absolute Gasteiger partial charge is 0.477 e. The number of nitrogens with one attached hydrogen (secondary N) is 9. The fourth-order valence-corrected chi connectivity index (χ4v) is 7.58. The van der Waals surface area contributed by atoms with E-state index in [0.29, 0.717) is 50.8 Å². The van der Waals surface area contributed by atoms with Gasteiger partial charge >= 0.3 is 5.97 Å². The Hall–Kier alpha value is -6.79. The first-order chi connectivity index (χ1) is 34.8. The van der Waals surface area contributed by atoms with Crippen molar-refractivity contribution in [1.82, 2.24) is 57.4 Å². The van der Waals surface area contributed by atoms with E-state index < -0.39 is 120 Å². The number of hydrogen-bond donors (Lipinski definition) is 17. The number of unbranched alkanes of at least 4 members (excludes halogenated alkanes) is 2. The average molecular weight is 1040 g/mol. The fraction of sp³-hybridized carbons (Fsp3) is 0.659. The number of aliphatic hydroxyl groups excluding tert-OH is 1. The molecule has 29 heteroatoms. The molecule has 0 spiro atoms. The third-order valence-corrected chi connectivity index (χ3v) is 11.6. The molecule has 1 fully saturated rings. The number of aliphatic carboxylic acids is 1. The Labute approximate surface area is 423 Å². The van der Waals surface area contributed by atoms with Crippen LogP contribution >= 0.6 is 0 Å². The van der Waals surface area contributed by atoms with Crippen molar-refractivity contribution in [3.63, 3.8) is 0 Å². The Morgan fingerprint density at radius 1 is 0.808 bits per heavy atom. The number of carboxylic acids is 1. The third kappa shape index (κ3) is 22.3. The predicted octanol–water partition coefficient (Wildman–Crippen LogP) is -6.84. The number of nitrogens with two attached hydrogens (primary N) is 6. The molecular weight excluding hydrogens is 957 g/mol. The minimum absolute atomic E-state index is 0.0437. The molecular formula is C44H78N18O11. The number of aromatic amines is 1. The van der Waals surface area contributed by atoms with Gasteiger partial charge in [-0.05, 0) is 97.8 Å². The number of aliphatic imine (C=N–C) groups is 1. The van der Waals surface area contributed by atoms with Gasteiger partial charge in [-0.1, -0.05) is 12.5 Å². The molecule has 0 unspecified atom stereocenters. The molecule has 0 aliphatic carbocycles. The molecule has 2 rings (SSSR count). The van der Waals surface area contributed by atoms with E-state index >= 15 is 0 Å². The summed E-state index contributed by atoms with van der Waals surface area (Å²) in [4.78, 5) is 132. The van der Waals surface area contributed by atoms with E-state index in [1.807, 2.05) is 0 Å². The molecule has 2 heterocycles. The minimum atomic E-state index is -1.52. The van der Waals surface area contributed by atoms with E-state index in [0.717, 1.165) is 0 Å². The smallest absolute Gasteiger partial charge is 0.352 e. The SMILES string of the molecule is CN[C@@H](CCCCN)C(=O)N[C@H](C(=O)N[C@@H](C)C(=O)NCC(=O)N[C@H](CCCN)C(=O)N1CCC[C@H]1C(=O)N[C@@H](Cc1cnc[nH]1)C(=O)N[C@@H](CCCCN)C(=O)N/C(=C\CCN=C(N)N)C(=O)O)[C@@H](O)CN. The second-order valence-electron chi connectivity index (χ2n) is 17.3. The van der Waals surface area contributed by atoms with Crippen LogP contribution in [0.25, 0.3) is 0 Å². The number of carbonyl (C=O) groups excluding carboxylic acids is 8. The minimum Gasteiger partial charge on any atom is -0.477 e. The van der Waals surface area contributed by atoms with Gasteiger partial charge in [0.1, 0.15) is 41.9 Å². The van der Waals surface area contributed by atoms with E-state index in [4.69, 9.17) is 34.4 Å². The van der Waals surface area contributed by atoms with Crippen LogP contribution in [0.15, 0.2) is 29.3 Å². The van der Waals surface area contributed by atoms with Crippen molar-refractivity contribution in [2.75, 3.05) is 52.9 Å². The van der Waals surface area contributed by atoms with Gasteiger partial charge in [-0.3, -0.25) is 43.3 Å². The summed E-state index contributed by atoms with van der Waals surface area (Å²) in [5.41, 5.74) is 33.2. The van der Waals surface area contributed by atoms with Crippen LogP contribution in [0.1, 0.15) is 83.2 Å². The zero-order valence-corrected chi connectivity index (χ0v) is 41.7. The summed E-state index contributed by atoms with van der Waals surface area (Å²) in [5, 5.41) is 40.6. The van der Waals surface area contributed by atoms with Crippen LogP contribution in [0.5, 0.6) is 0 Å². The molecule has 29 nitrogen and oxygen atoms in total. The number of amides is 8. The van der Waals surface area contributed by atoms with Gasteiger partial charge in [0.15, 0.2) is 5.96 Å². The van der Waals surface area contributed by atoms with Crippen LogP contribution in [0.4, 0.5) is 0 Å². The highest BCUT2D eigenvalue weighted by molar-refractivity contribution is 5.99. The number of guanidine groups is 1. The first-order valence-corrected chi connectivity index (χ1v) is 24.3. The zero-order chi connectivity index (χ0) is 54.5. The van der Waals surface area contributed by atoms with Crippen molar-refractivity contribution in [2.45, 2.75) is 132 Å². The van der Waals surface area contributed by atoms with Crippen LogP contribution < -0.4 is 76.9 Å². The Bertz CT molecular complexity index is 2020. The Balaban J connectivity index is 2.20. The lowest BCUT2D eigenvalue weighted by Gasteiger charge is -2.30. The number of carboxylic acid groups (broad SMARTS) is 1. The van der Waals surface area contributed by atoms with Gasteiger partial charge in [-0.15, -0.1) is 0 Å². The highest BCUT2D eigenvalue weighted by atomic mass is 16.4. The number of hydrogen-bond acceptors (Lipinski definition) is 17. The highest BCUT2D eigenvalue weighted by Gasteiger charge is 2.40. The number of H-pyrrole nitrogens is 1. The molecule has 0 bridgehead atoms. The van der Waals surface area contributed by atoms with Crippen LogP contribution in [0, 0.1) is 0 Å². The molecule has 1 aliphatic heterocycles. The molecule has 1 aromatic rings. The normalized spacial score (nSPS) is 16.3. The van der Waals surface area contributed by atoms with Gasteiger partial charge in [0.05, 0.1) is 25.0 Å². The Morgan fingerprint density at radius 3 is 2.04 bits per heavy atom.